The number of carboxylic acids is 1. The summed E-state index contributed by atoms with van der Waals surface area (Å²) in [6.07, 6.45) is 2.44. The summed E-state index contributed by atoms with van der Waals surface area (Å²) in [6.45, 7) is 6.15. The summed E-state index contributed by atoms with van der Waals surface area (Å²) in [7, 11) is -3.14. The maximum absolute atomic E-state index is 13.1. The average molecular weight is 530 g/mol. The maximum atomic E-state index is 13.1. The number of carboxylic acid groups (broad SMARTS) is 1. The number of nitrogens with one attached hydrogen (secondary N) is 2. The number of anilines is 3. The van der Waals surface area contributed by atoms with Crippen LogP contribution in [-0.4, -0.2) is 51.3 Å². The summed E-state index contributed by atoms with van der Waals surface area (Å²) in [5.74, 6) is -1.03. The van der Waals surface area contributed by atoms with E-state index in [4.69, 9.17) is 4.74 Å². The Hall–Kier alpha value is -3.11. The van der Waals surface area contributed by atoms with Gasteiger partial charge >= 0.3 is 12.0 Å². The molecule has 0 aliphatic carbocycles. The van der Waals surface area contributed by atoms with Crippen LogP contribution in [0, 0.1) is 0 Å². The van der Waals surface area contributed by atoms with Crippen LogP contribution in [0.3, 0.4) is 0 Å². The molecule has 200 valence electrons. The Labute approximate surface area is 218 Å². The highest BCUT2D eigenvalue weighted by atomic mass is 32.2. The Morgan fingerprint density at radius 2 is 1.78 bits per heavy atom. The van der Waals surface area contributed by atoms with E-state index in [0.717, 1.165) is 36.2 Å². The van der Waals surface area contributed by atoms with Crippen LogP contribution in [0.4, 0.5) is 21.9 Å². The topological polar surface area (TPSA) is 125 Å². The number of nitrogens with zero attached hydrogens (tertiary/aromatic N) is 1. The number of carbonyl (C=O) groups is 2. The highest BCUT2D eigenvalue weighted by Crippen LogP contribution is 2.35. The number of ether oxygens (including phenoxy) is 1. The molecule has 0 spiro atoms. The van der Waals surface area contributed by atoms with Gasteiger partial charge in [0.1, 0.15) is 0 Å². The van der Waals surface area contributed by atoms with Gasteiger partial charge in [-0.1, -0.05) is 19.1 Å². The van der Waals surface area contributed by atoms with Gasteiger partial charge in [0.15, 0.2) is 9.84 Å². The number of rotatable bonds is 9. The van der Waals surface area contributed by atoms with E-state index in [1.165, 1.54) is 0 Å². The van der Waals surface area contributed by atoms with E-state index in [9.17, 15) is 23.1 Å². The molecule has 2 aromatic rings. The molecule has 2 amide bonds. The van der Waals surface area contributed by atoms with Crippen LogP contribution in [-0.2, 0) is 30.9 Å². The summed E-state index contributed by atoms with van der Waals surface area (Å²) in [4.78, 5) is 26.8. The van der Waals surface area contributed by atoms with Crippen molar-refractivity contribution in [3.8, 4) is 0 Å². The normalized spacial score (nSPS) is 17.6. The summed E-state index contributed by atoms with van der Waals surface area (Å²) in [5.41, 5.74) is 4.32. The molecule has 0 radical (unpaired) electrons. The lowest BCUT2D eigenvalue weighted by Crippen LogP contribution is -2.40. The molecule has 2 aliphatic heterocycles. The molecule has 9 nitrogen and oxygen atoms in total. The minimum Gasteiger partial charge on any atom is -0.481 e. The largest absolute Gasteiger partial charge is 0.481 e. The SMILES string of the molecule is CCC(CC(=O)O)c1ccc(N(CC)C2CCOCC2)c(NC(=O)Nc2ccc3c(c2)CS(=O)(=O)C3)c1. The first-order valence-electron chi connectivity index (χ1n) is 12.8. The first-order chi connectivity index (χ1) is 17.7. The zero-order chi connectivity index (χ0) is 26.6. The predicted octanol–water partition coefficient (Wildman–Crippen LogP) is 4.73. The quantitative estimate of drug-likeness (QED) is 0.429. The molecule has 2 aromatic carbocycles. The van der Waals surface area contributed by atoms with Gasteiger partial charge in [-0.25, -0.2) is 13.2 Å². The number of sulfone groups is 1. The molecule has 37 heavy (non-hydrogen) atoms. The lowest BCUT2D eigenvalue weighted by atomic mass is 9.92. The third-order valence-corrected chi connectivity index (χ3v) is 8.65. The minimum absolute atomic E-state index is 0.0109. The van der Waals surface area contributed by atoms with Crippen molar-refractivity contribution in [1.29, 1.82) is 0 Å². The first kappa shape index (κ1) is 26.9. The summed E-state index contributed by atoms with van der Waals surface area (Å²) >= 11 is 0. The fourth-order valence-electron chi connectivity index (χ4n) is 5.28. The monoisotopic (exact) mass is 529 g/mol. The highest BCUT2D eigenvalue weighted by molar-refractivity contribution is 7.90. The van der Waals surface area contributed by atoms with Crippen molar-refractivity contribution in [2.45, 2.75) is 63.0 Å². The van der Waals surface area contributed by atoms with E-state index in [0.29, 0.717) is 36.6 Å². The third kappa shape index (κ3) is 6.61. The van der Waals surface area contributed by atoms with Crippen LogP contribution in [0.5, 0.6) is 0 Å². The number of carbonyl (C=O) groups excluding carboxylic acids is 1. The molecule has 10 heteroatoms. The molecule has 0 bridgehead atoms. The van der Waals surface area contributed by atoms with Crippen molar-refractivity contribution < 1.29 is 27.9 Å². The fraction of sp³-hybridized carbons (Fsp3) is 0.481. The number of amides is 2. The lowest BCUT2D eigenvalue weighted by Gasteiger charge is -2.36. The van der Waals surface area contributed by atoms with Crippen molar-refractivity contribution in [3.63, 3.8) is 0 Å². The van der Waals surface area contributed by atoms with Crippen LogP contribution in [0.25, 0.3) is 0 Å². The highest BCUT2D eigenvalue weighted by Gasteiger charge is 2.26. The molecule has 0 aromatic heterocycles. The number of hydrogen-bond acceptors (Lipinski definition) is 6. The summed E-state index contributed by atoms with van der Waals surface area (Å²) in [6, 6.07) is 10.8. The molecular formula is C27H35N3O6S. The standard InChI is InChI=1S/C27H35N3O6S/c1-3-18(15-26(31)32)19-6-8-25(30(4-2)23-9-11-36-12-10-23)24(14-19)29-27(33)28-22-7-5-20-16-37(34,35)17-21(20)13-22/h5-8,13-14,18,23H,3-4,9-12,15-17H2,1-2H3,(H,31,32)(H2,28,29,33). The van der Waals surface area contributed by atoms with E-state index in [1.807, 2.05) is 25.1 Å². The van der Waals surface area contributed by atoms with Crippen molar-refractivity contribution >= 4 is 38.9 Å². The second kappa shape index (κ2) is 11.5. The Morgan fingerprint density at radius 3 is 2.46 bits per heavy atom. The molecule has 1 fully saturated rings. The van der Waals surface area contributed by atoms with Crippen molar-refractivity contribution in [3.05, 3.63) is 53.1 Å². The third-order valence-electron chi connectivity index (χ3n) is 7.15. The van der Waals surface area contributed by atoms with Gasteiger partial charge in [-0.3, -0.25) is 4.79 Å². The van der Waals surface area contributed by atoms with Gasteiger partial charge in [0.25, 0.3) is 0 Å². The van der Waals surface area contributed by atoms with Crippen LogP contribution in [0.2, 0.25) is 0 Å². The van der Waals surface area contributed by atoms with E-state index < -0.39 is 21.8 Å². The average Bonchev–Trinajstić information content (AvgIpc) is 3.17. The Kier molecular flexibility index (Phi) is 8.39. The fourth-order valence-corrected chi connectivity index (χ4v) is 6.88. The van der Waals surface area contributed by atoms with Gasteiger partial charge in [-0.15, -0.1) is 0 Å². The van der Waals surface area contributed by atoms with Gasteiger partial charge in [0.2, 0.25) is 0 Å². The van der Waals surface area contributed by atoms with E-state index in [2.05, 4.69) is 22.5 Å². The minimum atomic E-state index is -3.14. The predicted molar refractivity (Wildman–Crippen MR) is 144 cm³/mol. The smallest absolute Gasteiger partial charge is 0.323 e. The number of benzene rings is 2. The van der Waals surface area contributed by atoms with Crippen molar-refractivity contribution in [2.24, 2.45) is 0 Å². The maximum Gasteiger partial charge on any atom is 0.323 e. The van der Waals surface area contributed by atoms with Crippen LogP contribution in [0.1, 0.15) is 62.1 Å². The van der Waals surface area contributed by atoms with Crippen molar-refractivity contribution in [2.75, 3.05) is 35.3 Å². The van der Waals surface area contributed by atoms with Gasteiger partial charge in [-0.2, -0.15) is 0 Å². The molecule has 2 aliphatic rings. The first-order valence-corrected chi connectivity index (χ1v) is 14.6. The molecule has 1 saturated heterocycles. The van der Waals surface area contributed by atoms with Gasteiger partial charge < -0.3 is 25.4 Å². The lowest BCUT2D eigenvalue weighted by molar-refractivity contribution is -0.137. The van der Waals surface area contributed by atoms with E-state index >= 15 is 0 Å². The van der Waals surface area contributed by atoms with Gasteiger partial charge in [-0.05, 0) is 73.1 Å². The Bertz CT molecular complexity index is 1260. The zero-order valence-corrected chi connectivity index (χ0v) is 22.1. The summed E-state index contributed by atoms with van der Waals surface area (Å²) < 4.78 is 29.4. The Balaban J connectivity index is 1.60. The molecule has 4 rings (SSSR count). The number of fused-ring (bicyclic) bond motifs is 1. The molecule has 2 heterocycles. The number of hydrogen-bond donors (Lipinski definition) is 3. The van der Waals surface area contributed by atoms with Crippen LogP contribution in [0.15, 0.2) is 36.4 Å². The van der Waals surface area contributed by atoms with Gasteiger partial charge in [0.05, 0.1) is 29.3 Å². The molecule has 1 unspecified atom stereocenters. The zero-order valence-electron chi connectivity index (χ0n) is 21.3. The van der Waals surface area contributed by atoms with Crippen molar-refractivity contribution in [1.82, 2.24) is 0 Å². The molecule has 1 atom stereocenters. The molecule has 3 N–H and O–H groups in total. The second-order valence-electron chi connectivity index (χ2n) is 9.70. The second-order valence-corrected chi connectivity index (χ2v) is 11.8. The van der Waals surface area contributed by atoms with Gasteiger partial charge in [0, 0.05) is 31.5 Å². The summed E-state index contributed by atoms with van der Waals surface area (Å²) in [5, 5.41) is 15.2. The van der Waals surface area contributed by atoms with Crippen LogP contribution < -0.4 is 15.5 Å². The van der Waals surface area contributed by atoms with Crippen LogP contribution >= 0.6 is 0 Å². The Morgan fingerprint density at radius 1 is 1.05 bits per heavy atom. The number of aliphatic carboxylic acids is 1. The van der Waals surface area contributed by atoms with E-state index in [1.54, 1.807) is 18.2 Å². The molecule has 0 saturated carbocycles. The van der Waals surface area contributed by atoms with E-state index in [-0.39, 0.29) is 29.9 Å². The molecular weight excluding hydrogens is 494 g/mol. The number of urea groups is 1.